The first-order valence-corrected chi connectivity index (χ1v) is 6.19. The Morgan fingerprint density at radius 2 is 1.81 bits per heavy atom. The Morgan fingerprint density at radius 1 is 1.05 bits per heavy atom. The quantitative estimate of drug-likeness (QED) is 0.619. The molecular formula is C14H12N2O5. The van der Waals surface area contributed by atoms with Gasteiger partial charge in [0.25, 0.3) is 11.4 Å². The molecule has 21 heavy (non-hydrogen) atoms. The molecule has 7 nitrogen and oxygen atoms in total. The van der Waals surface area contributed by atoms with Crippen molar-refractivity contribution in [2.24, 2.45) is 0 Å². The van der Waals surface area contributed by atoms with Crippen LogP contribution in [0.2, 0.25) is 0 Å². The molecule has 2 aromatic rings. The number of ether oxygens (including phenoxy) is 1. The predicted molar refractivity (Wildman–Crippen MR) is 76.4 cm³/mol. The molecule has 0 bridgehead atoms. The highest BCUT2D eigenvalue weighted by Crippen LogP contribution is 2.34. The lowest BCUT2D eigenvalue weighted by Gasteiger charge is -2.07. The summed E-state index contributed by atoms with van der Waals surface area (Å²) in [5, 5.41) is 21.9. The molecule has 0 fully saturated rings. The van der Waals surface area contributed by atoms with Crippen LogP contribution in [0.5, 0.6) is 5.75 Å². The number of benzene rings is 2. The fourth-order valence-electron chi connectivity index (χ4n) is 1.95. The van der Waals surface area contributed by atoms with Crippen LogP contribution in [-0.4, -0.2) is 16.5 Å². The molecule has 0 saturated carbocycles. The minimum absolute atomic E-state index is 0.308. The fourth-order valence-corrected chi connectivity index (χ4v) is 1.95. The topological polar surface area (TPSA) is 95.5 Å². The summed E-state index contributed by atoms with van der Waals surface area (Å²) in [5.41, 5.74) is 0.263. The fraction of sp³-hybridized carbons (Fsp3) is 0.143. The van der Waals surface area contributed by atoms with Crippen LogP contribution in [0.3, 0.4) is 0 Å². The first-order valence-electron chi connectivity index (χ1n) is 6.19. The molecule has 0 aliphatic rings. The van der Waals surface area contributed by atoms with Crippen molar-refractivity contribution >= 4 is 11.4 Å². The zero-order valence-electron chi connectivity index (χ0n) is 11.2. The number of rotatable bonds is 5. The Morgan fingerprint density at radius 3 is 2.43 bits per heavy atom. The molecule has 0 amide bonds. The number of hydrogen-bond acceptors (Lipinski definition) is 5. The van der Waals surface area contributed by atoms with E-state index in [2.05, 4.69) is 0 Å². The maximum absolute atomic E-state index is 11.1. The van der Waals surface area contributed by atoms with Crippen molar-refractivity contribution in [3.63, 3.8) is 0 Å². The lowest BCUT2D eigenvalue weighted by molar-refractivity contribution is -0.393. The van der Waals surface area contributed by atoms with Gasteiger partial charge in [-0.25, -0.2) is 0 Å². The maximum atomic E-state index is 11.1. The van der Waals surface area contributed by atoms with Crippen molar-refractivity contribution in [1.82, 2.24) is 0 Å². The normalized spacial score (nSPS) is 10.1. The minimum atomic E-state index is -0.659. The monoisotopic (exact) mass is 288 g/mol. The van der Waals surface area contributed by atoms with Crippen LogP contribution in [0.15, 0.2) is 42.5 Å². The third-order valence-electron chi connectivity index (χ3n) is 2.84. The van der Waals surface area contributed by atoms with Crippen LogP contribution in [0, 0.1) is 20.2 Å². The van der Waals surface area contributed by atoms with Gasteiger partial charge in [-0.2, -0.15) is 0 Å². The van der Waals surface area contributed by atoms with E-state index in [4.69, 9.17) is 4.74 Å². The summed E-state index contributed by atoms with van der Waals surface area (Å²) in [7, 11) is 0. The molecule has 0 N–H and O–H groups in total. The van der Waals surface area contributed by atoms with Gasteiger partial charge < -0.3 is 4.74 Å². The average molecular weight is 288 g/mol. The smallest absolute Gasteiger partial charge is 0.284 e. The number of nitrogens with zero attached hydrogens (tertiary/aromatic N) is 2. The van der Waals surface area contributed by atoms with Crippen molar-refractivity contribution in [3.05, 3.63) is 62.7 Å². The van der Waals surface area contributed by atoms with Crippen LogP contribution in [0.4, 0.5) is 11.4 Å². The number of nitro benzene ring substituents is 2. The minimum Gasteiger partial charge on any atom is -0.494 e. The zero-order valence-corrected chi connectivity index (χ0v) is 11.2. The second-order valence-electron chi connectivity index (χ2n) is 4.18. The summed E-state index contributed by atoms with van der Waals surface area (Å²) in [5.74, 6) is 0.586. The van der Waals surface area contributed by atoms with E-state index in [1.165, 1.54) is 12.1 Å². The zero-order chi connectivity index (χ0) is 15.4. The summed E-state index contributed by atoms with van der Waals surface area (Å²) >= 11 is 0. The first kappa shape index (κ1) is 14.4. The second-order valence-corrected chi connectivity index (χ2v) is 4.18. The highest BCUT2D eigenvalue weighted by molar-refractivity contribution is 5.76. The van der Waals surface area contributed by atoms with E-state index in [1.54, 1.807) is 24.3 Å². The first-order chi connectivity index (χ1) is 10.0. The third kappa shape index (κ3) is 3.14. The molecule has 0 saturated heterocycles. The Hall–Kier alpha value is -2.96. The molecule has 2 rings (SSSR count). The predicted octanol–water partition coefficient (Wildman–Crippen LogP) is 3.57. The molecule has 7 heteroatoms. The van der Waals surface area contributed by atoms with Crippen molar-refractivity contribution in [3.8, 4) is 16.9 Å². The third-order valence-corrected chi connectivity index (χ3v) is 2.84. The highest BCUT2D eigenvalue weighted by Gasteiger charge is 2.20. The van der Waals surface area contributed by atoms with Crippen LogP contribution >= 0.6 is 0 Å². The van der Waals surface area contributed by atoms with Crippen molar-refractivity contribution < 1.29 is 14.6 Å². The van der Waals surface area contributed by atoms with Crippen molar-refractivity contribution in [2.75, 3.05) is 6.61 Å². The molecule has 0 spiro atoms. The van der Waals surface area contributed by atoms with Gasteiger partial charge in [0.2, 0.25) is 0 Å². The molecule has 0 aliphatic carbocycles. The van der Waals surface area contributed by atoms with Gasteiger partial charge in [0.1, 0.15) is 5.75 Å². The largest absolute Gasteiger partial charge is 0.494 e. The Balaban J connectivity index is 2.55. The SMILES string of the molecule is CCOc1cccc(-c2ccc([N+](=O)[O-])cc2[N+](=O)[O-])c1. The molecule has 0 radical (unpaired) electrons. The van der Waals surface area contributed by atoms with Crippen LogP contribution < -0.4 is 4.74 Å². The summed E-state index contributed by atoms with van der Waals surface area (Å²) in [6.45, 7) is 2.31. The summed E-state index contributed by atoms with van der Waals surface area (Å²) in [4.78, 5) is 20.6. The van der Waals surface area contributed by atoms with Gasteiger partial charge in [-0.1, -0.05) is 12.1 Å². The van der Waals surface area contributed by atoms with Crippen molar-refractivity contribution in [2.45, 2.75) is 6.92 Å². The van der Waals surface area contributed by atoms with Gasteiger partial charge in [0.15, 0.2) is 0 Å². The Labute approximate surface area is 120 Å². The Kier molecular flexibility index (Phi) is 4.13. The standard InChI is InChI=1S/C14H12N2O5/c1-2-21-12-5-3-4-10(8-12)13-7-6-11(15(17)18)9-14(13)16(19)20/h3-9H,2H2,1H3. The molecule has 108 valence electrons. The second kappa shape index (κ2) is 6.00. The highest BCUT2D eigenvalue weighted by atomic mass is 16.6. The Bertz CT molecular complexity index is 700. The molecule has 0 atom stereocenters. The lowest BCUT2D eigenvalue weighted by atomic mass is 10.0. The van der Waals surface area contributed by atoms with Crippen molar-refractivity contribution in [1.29, 1.82) is 0 Å². The number of non-ortho nitro benzene ring substituents is 1. The van der Waals surface area contributed by atoms with E-state index >= 15 is 0 Å². The van der Waals surface area contributed by atoms with Gasteiger partial charge >= 0.3 is 0 Å². The molecule has 0 unspecified atom stereocenters. The molecule has 2 aromatic carbocycles. The molecule has 0 aromatic heterocycles. The molecular weight excluding hydrogens is 276 g/mol. The lowest BCUT2D eigenvalue weighted by Crippen LogP contribution is -1.96. The van der Waals surface area contributed by atoms with E-state index in [9.17, 15) is 20.2 Å². The summed E-state index contributed by atoms with van der Waals surface area (Å²) in [6, 6.07) is 10.4. The summed E-state index contributed by atoms with van der Waals surface area (Å²) in [6.07, 6.45) is 0. The van der Waals surface area contributed by atoms with E-state index in [0.29, 0.717) is 23.5 Å². The van der Waals surface area contributed by atoms with Crippen LogP contribution in [-0.2, 0) is 0 Å². The number of hydrogen-bond donors (Lipinski definition) is 0. The van der Waals surface area contributed by atoms with Crippen LogP contribution in [0.25, 0.3) is 11.1 Å². The van der Waals surface area contributed by atoms with E-state index in [-0.39, 0.29) is 11.4 Å². The van der Waals surface area contributed by atoms with Gasteiger partial charge in [0.05, 0.1) is 28.1 Å². The average Bonchev–Trinajstić information content (AvgIpc) is 2.47. The van der Waals surface area contributed by atoms with Crippen LogP contribution in [0.1, 0.15) is 6.92 Å². The molecule has 0 aliphatic heterocycles. The number of nitro groups is 2. The van der Waals surface area contributed by atoms with Gasteiger partial charge in [-0.05, 0) is 30.7 Å². The maximum Gasteiger partial charge on any atom is 0.284 e. The van der Waals surface area contributed by atoms with Gasteiger partial charge in [0, 0.05) is 6.07 Å². The van der Waals surface area contributed by atoms with E-state index < -0.39 is 9.85 Å². The van der Waals surface area contributed by atoms with Gasteiger partial charge in [-0.15, -0.1) is 0 Å². The van der Waals surface area contributed by atoms with E-state index in [1.807, 2.05) is 6.92 Å². The van der Waals surface area contributed by atoms with Gasteiger partial charge in [-0.3, -0.25) is 20.2 Å². The summed E-state index contributed by atoms with van der Waals surface area (Å²) < 4.78 is 5.35. The molecule has 0 heterocycles. The van der Waals surface area contributed by atoms with E-state index in [0.717, 1.165) is 6.07 Å².